The fourth-order valence-electron chi connectivity index (χ4n) is 2.07. The Morgan fingerprint density at radius 2 is 1.96 bits per heavy atom. The van der Waals surface area contributed by atoms with Crippen LogP contribution in [0, 0.1) is 0 Å². The minimum Gasteiger partial charge on any atom is -0.464 e. The van der Waals surface area contributed by atoms with Crippen molar-refractivity contribution in [1.29, 1.82) is 0 Å². The smallest absolute Gasteiger partial charge is 0.416 e. The highest BCUT2D eigenvalue weighted by Crippen LogP contribution is 2.30. The highest BCUT2D eigenvalue weighted by Gasteiger charge is 2.29. The van der Waals surface area contributed by atoms with E-state index >= 15 is 0 Å². The minimum absolute atomic E-state index is 0.412. The highest BCUT2D eigenvalue weighted by atomic mass is 32.2. The second-order valence-electron chi connectivity index (χ2n) is 5.01. The van der Waals surface area contributed by atoms with E-state index in [0.717, 1.165) is 22.7 Å². The molecule has 0 saturated carbocycles. The van der Waals surface area contributed by atoms with E-state index in [2.05, 4.69) is 10.1 Å². The number of hydrogen-bond donors (Lipinski definition) is 1. The number of aromatic nitrogens is 1. The number of aryl methyl sites for hydroxylation is 1. The maximum atomic E-state index is 12.5. The summed E-state index contributed by atoms with van der Waals surface area (Å²) >= 11 is 1.45. The van der Waals surface area contributed by atoms with Crippen molar-refractivity contribution in [1.82, 2.24) is 4.57 Å². The van der Waals surface area contributed by atoms with Crippen molar-refractivity contribution in [2.45, 2.75) is 11.1 Å². The topological polar surface area (TPSA) is 43.3 Å². The first kappa shape index (κ1) is 18.3. The van der Waals surface area contributed by atoms with Crippen molar-refractivity contribution in [3.63, 3.8) is 0 Å². The molecule has 0 aliphatic rings. The molecule has 130 valence electrons. The number of methoxy groups -OCH3 is 1. The van der Waals surface area contributed by atoms with Crippen molar-refractivity contribution in [3.8, 4) is 0 Å². The molecule has 0 unspecified atom stereocenters. The molecule has 2 aromatic rings. The second kappa shape index (κ2) is 7.65. The summed E-state index contributed by atoms with van der Waals surface area (Å²) < 4.78 is 43.8. The molecular formula is C16H17F3N2O2S. The molecule has 24 heavy (non-hydrogen) atoms. The third-order valence-electron chi connectivity index (χ3n) is 3.28. The SMILES string of the molecule is COC(=O)c1cc(NCCSc2ccc(C(F)(F)F)cc2)cn1C. The van der Waals surface area contributed by atoms with Crippen LogP contribution in [0.2, 0.25) is 0 Å². The number of ether oxygens (including phenoxy) is 1. The molecule has 8 heteroatoms. The van der Waals surface area contributed by atoms with Crippen molar-refractivity contribution in [2.24, 2.45) is 7.05 Å². The second-order valence-corrected chi connectivity index (χ2v) is 6.18. The number of nitrogens with zero attached hydrogens (tertiary/aromatic N) is 1. The monoisotopic (exact) mass is 358 g/mol. The summed E-state index contributed by atoms with van der Waals surface area (Å²) in [6.07, 6.45) is -2.54. The molecular weight excluding hydrogens is 341 g/mol. The van der Waals surface area contributed by atoms with E-state index in [1.54, 1.807) is 23.9 Å². The van der Waals surface area contributed by atoms with Crippen LogP contribution in [-0.4, -0.2) is 29.9 Å². The number of carbonyl (C=O) groups is 1. The molecule has 0 aliphatic carbocycles. The molecule has 0 fully saturated rings. The van der Waals surface area contributed by atoms with Crippen LogP contribution in [0.5, 0.6) is 0 Å². The zero-order valence-electron chi connectivity index (χ0n) is 13.2. The maximum absolute atomic E-state index is 12.5. The molecule has 1 aromatic heterocycles. The highest BCUT2D eigenvalue weighted by molar-refractivity contribution is 7.99. The average molecular weight is 358 g/mol. The average Bonchev–Trinajstić information content (AvgIpc) is 2.91. The van der Waals surface area contributed by atoms with Crippen LogP contribution in [0.1, 0.15) is 16.1 Å². The largest absolute Gasteiger partial charge is 0.464 e. The zero-order chi connectivity index (χ0) is 17.7. The Hall–Kier alpha value is -2.09. The molecule has 0 bridgehead atoms. The standard InChI is InChI=1S/C16H17F3N2O2S/c1-21-10-12(9-14(21)15(22)23-2)20-7-8-24-13-5-3-11(4-6-13)16(17,18)19/h3-6,9-10,20H,7-8H2,1-2H3. The fraction of sp³-hybridized carbons (Fsp3) is 0.312. The summed E-state index contributed by atoms with van der Waals surface area (Å²) in [6.45, 7) is 0.607. The Kier molecular flexibility index (Phi) is 5.82. The molecule has 0 aliphatic heterocycles. The third kappa shape index (κ3) is 4.70. The lowest BCUT2D eigenvalue weighted by atomic mass is 10.2. The molecule has 1 heterocycles. The van der Waals surface area contributed by atoms with Gasteiger partial charge in [-0.3, -0.25) is 0 Å². The zero-order valence-corrected chi connectivity index (χ0v) is 14.0. The third-order valence-corrected chi connectivity index (χ3v) is 4.29. The summed E-state index contributed by atoms with van der Waals surface area (Å²) in [6, 6.07) is 6.77. The number of carbonyl (C=O) groups excluding carboxylic acids is 1. The van der Waals surface area contributed by atoms with E-state index in [1.165, 1.54) is 31.0 Å². The first-order chi connectivity index (χ1) is 11.3. The van der Waals surface area contributed by atoms with Gasteiger partial charge in [-0.05, 0) is 30.3 Å². The first-order valence-electron chi connectivity index (χ1n) is 7.10. The van der Waals surface area contributed by atoms with Gasteiger partial charge >= 0.3 is 12.1 Å². The number of thioether (sulfide) groups is 1. The van der Waals surface area contributed by atoms with Crippen LogP contribution in [0.15, 0.2) is 41.4 Å². The molecule has 1 aromatic carbocycles. The number of halogens is 3. The van der Waals surface area contributed by atoms with E-state index in [1.807, 2.05) is 0 Å². The number of hydrogen-bond acceptors (Lipinski definition) is 4. The van der Waals surface area contributed by atoms with Gasteiger partial charge in [0, 0.05) is 30.4 Å². The van der Waals surface area contributed by atoms with Gasteiger partial charge in [0.2, 0.25) is 0 Å². The number of rotatable bonds is 6. The van der Waals surface area contributed by atoms with Gasteiger partial charge in [-0.2, -0.15) is 13.2 Å². The van der Waals surface area contributed by atoms with Gasteiger partial charge in [0.1, 0.15) is 5.69 Å². The lowest BCUT2D eigenvalue weighted by Crippen LogP contribution is -2.06. The Balaban J connectivity index is 1.82. The Morgan fingerprint density at radius 1 is 1.29 bits per heavy atom. The first-order valence-corrected chi connectivity index (χ1v) is 8.08. The summed E-state index contributed by atoms with van der Waals surface area (Å²) in [5.41, 5.74) is 0.575. The van der Waals surface area contributed by atoms with E-state index < -0.39 is 17.7 Å². The Bertz CT molecular complexity index is 696. The molecule has 0 amide bonds. The van der Waals surface area contributed by atoms with Crippen LogP contribution < -0.4 is 5.32 Å². The molecule has 0 radical (unpaired) electrons. The van der Waals surface area contributed by atoms with Gasteiger partial charge in [-0.1, -0.05) is 0 Å². The van der Waals surface area contributed by atoms with Crippen LogP contribution in [0.3, 0.4) is 0 Å². The summed E-state index contributed by atoms with van der Waals surface area (Å²) in [5.74, 6) is 0.262. The van der Waals surface area contributed by atoms with Gasteiger partial charge in [-0.15, -0.1) is 11.8 Å². The predicted octanol–water partition coefficient (Wildman–Crippen LogP) is 4.03. The van der Waals surface area contributed by atoms with E-state index in [0.29, 0.717) is 18.0 Å². The summed E-state index contributed by atoms with van der Waals surface area (Å²) in [5, 5.41) is 3.16. The van der Waals surface area contributed by atoms with Crippen LogP contribution in [0.4, 0.5) is 18.9 Å². The predicted molar refractivity (Wildman–Crippen MR) is 87.4 cm³/mol. The summed E-state index contributed by atoms with van der Waals surface area (Å²) in [4.78, 5) is 12.3. The number of alkyl halides is 3. The van der Waals surface area contributed by atoms with Crippen molar-refractivity contribution in [2.75, 3.05) is 24.7 Å². The number of esters is 1. The van der Waals surface area contributed by atoms with Gasteiger partial charge in [-0.25, -0.2) is 4.79 Å². The van der Waals surface area contributed by atoms with E-state index in [9.17, 15) is 18.0 Å². The fourth-order valence-corrected chi connectivity index (χ4v) is 2.84. The lowest BCUT2D eigenvalue weighted by molar-refractivity contribution is -0.137. The molecule has 1 N–H and O–H groups in total. The lowest BCUT2D eigenvalue weighted by Gasteiger charge is -2.08. The van der Waals surface area contributed by atoms with Gasteiger partial charge in [0.25, 0.3) is 0 Å². The van der Waals surface area contributed by atoms with Crippen LogP contribution in [-0.2, 0) is 18.0 Å². The molecule has 0 saturated heterocycles. The van der Waals surface area contributed by atoms with Crippen molar-refractivity contribution in [3.05, 3.63) is 47.8 Å². The molecule has 0 atom stereocenters. The Labute approximate surface area is 142 Å². The molecule has 4 nitrogen and oxygen atoms in total. The molecule has 2 rings (SSSR count). The van der Waals surface area contributed by atoms with E-state index in [-0.39, 0.29) is 0 Å². The number of anilines is 1. The van der Waals surface area contributed by atoms with Gasteiger partial charge in [0.15, 0.2) is 0 Å². The van der Waals surface area contributed by atoms with Crippen LogP contribution in [0.25, 0.3) is 0 Å². The van der Waals surface area contributed by atoms with E-state index in [4.69, 9.17) is 0 Å². The molecule has 0 spiro atoms. The van der Waals surface area contributed by atoms with Gasteiger partial charge in [0.05, 0.1) is 18.4 Å². The summed E-state index contributed by atoms with van der Waals surface area (Å²) in [7, 11) is 3.07. The normalized spacial score (nSPS) is 11.4. The van der Waals surface area contributed by atoms with Crippen LogP contribution >= 0.6 is 11.8 Å². The van der Waals surface area contributed by atoms with Crippen molar-refractivity contribution < 1.29 is 22.7 Å². The van der Waals surface area contributed by atoms with Crippen molar-refractivity contribution >= 4 is 23.4 Å². The Morgan fingerprint density at radius 3 is 2.54 bits per heavy atom. The van der Waals surface area contributed by atoms with Gasteiger partial charge < -0.3 is 14.6 Å². The number of benzene rings is 1. The number of nitrogens with one attached hydrogen (secondary N) is 1. The quantitative estimate of drug-likeness (QED) is 0.481. The maximum Gasteiger partial charge on any atom is 0.416 e. The minimum atomic E-state index is -4.31.